The number of piperidine rings is 1. The third-order valence-electron chi connectivity index (χ3n) is 3.74. The minimum absolute atomic E-state index is 0.208. The van der Waals surface area contributed by atoms with Crippen molar-refractivity contribution in [3.63, 3.8) is 0 Å². The first-order valence-corrected chi connectivity index (χ1v) is 5.81. The van der Waals surface area contributed by atoms with Crippen LogP contribution in [0, 0.1) is 5.92 Å². The van der Waals surface area contributed by atoms with Crippen molar-refractivity contribution < 1.29 is 10.2 Å². The molecule has 0 bridgehead atoms. The van der Waals surface area contributed by atoms with Crippen LogP contribution >= 0.6 is 0 Å². The second kappa shape index (κ2) is 4.17. The van der Waals surface area contributed by atoms with Crippen LogP contribution in [0.4, 0.5) is 0 Å². The monoisotopic (exact) mass is 199 g/mol. The maximum absolute atomic E-state index is 10.2. The van der Waals surface area contributed by atoms with Crippen LogP contribution in [0.1, 0.15) is 38.5 Å². The lowest BCUT2D eigenvalue weighted by atomic mass is 9.83. The average molecular weight is 199 g/mol. The zero-order chi connectivity index (χ0) is 10.0. The third kappa shape index (κ3) is 2.27. The Balaban J connectivity index is 1.88. The van der Waals surface area contributed by atoms with Gasteiger partial charge in [-0.1, -0.05) is 12.8 Å². The SMILES string of the molecule is OC1CCNCC1CC1(O)CCCC1. The Morgan fingerprint density at radius 1 is 1.29 bits per heavy atom. The van der Waals surface area contributed by atoms with Gasteiger partial charge in [0.15, 0.2) is 0 Å². The molecule has 2 unspecified atom stereocenters. The largest absolute Gasteiger partial charge is 0.393 e. The second-order valence-electron chi connectivity index (χ2n) is 4.96. The predicted octanol–water partition coefficient (Wildman–Crippen LogP) is 0.652. The van der Waals surface area contributed by atoms with Crippen LogP contribution < -0.4 is 5.32 Å². The summed E-state index contributed by atoms with van der Waals surface area (Å²) in [6.45, 7) is 1.78. The van der Waals surface area contributed by atoms with E-state index in [1.807, 2.05) is 0 Å². The molecule has 0 aromatic rings. The molecule has 1 aliphatic heterocycles. The average Bonchev–Trinajstić information content (AvgIpc) is 2.57. The maximum Gasteiger partial charge on any atom is 0.0651 e. The molecule has 1 aliphatic carbocycles. The maximum atomic E-state index is 10.2. The van der Waals surface area contributed by atoms with Gasteiger partial charge in [0.2, 0.25) is 0 Å². The molecule has 2 rings (SSSR count). The van der Waals surface area contributed by atoms with Gasteiger partial charge in [-0.15, -0.1) is 0 Å². The molecule has 0 amide bonds. The first kappa shape index (κ1) is 10.4. The summed E-state index contributed by atoms with van der Waals surface area (Å²) in [6.07, 6.45) is 5.55. The Hall–Kier alpha value is -0.120. The summed E-state index contributed by atoms with van der Waals surface area (Å²) in [6, 6.07) is 0. The molecule has 14 heavy (non-hydrogen) atoms. The van der Waals surface area contributed by atoms with Crippen LogP contribution in [0.5, 0.6) is 0 Å². The van der Waals surface area contributed by atoms with Crippen molar-refractivity contribution in [2.75, 3.05) is 13.1 Å². The van der Waals surface area contributed by atoms with Crippen molar-refractivity contribution >= 4 is 0 Å². The Kier molecular flexibility index (Phi) is 3.10. The molecule has 2 atom stereocenters. The first-order chi connectivity index (χ1) is 6.70. The number of aliphatic hydroxyl groups is 2. The molecule has 3 N–H and O–H groups in total. The Bertz CT molecular complexity index is 190. The molecule has 3 nitrogen and oxygen atoms in total. The summed E-state index contributed by atoms with van der Waals surface area (Å²) < 4.78 is 0. The fraction of sp³-hybridized carbons (Fsp3) is 1.00. The summed E-state index contributed by atoms with van der Waals surface area (Å²) in [4.78, 5) is 0. The highest BCUT2D eigenvalue weighted by Crippen LogP contribution is 2.36. The minimum atomic E-state index is -0.468. The lowest BCUT2D eigenvalue weighted by Crippen LogP contribution is -2.43. The number of aliphatic hydroxyl groups excluding tert-OH is 1. The second-order valence-corrected chi connectivity index (χ2v) is 4.96. The smallest absolute Gasteiger partial charge is 0.0651 e. The van der Waals surface area contributed by atoms with Crippen molar-refractivity contribution in [2.45, 2.75) is 50.2 Å². The van der Waals surface area contributed by atoms with Gasteiger partial charge < -0.3 is 15.5 Å². The lowest BCUT2D eigenvalue weighted by Gasteiger charge is -2.34. The van der Waals surface area contributed by atoms with E-state index in [2.05, 4.69) is 5.32 Å². The Labute approximate surface area is 85.5 Å². The molecule has 0 aromatic heterocycles. The van der Waals surface area contributed by atoms with Crippen molar-refractivity contribution in [1.29, 1.82) is 0 Å². The molecule has 2 fully saturated rings. The van der Waals surface area contributed by atoms with Crippen molar-refractivity contribution in [2.24, 2.45) is 5.92 Å². The molecule has 0 spiro atoms. The highest BCUT2D eigenvalue weighted by atomic mass is 16.3. The highest BCUT2D eigenvalue weighted by molar-refractivity contribution is 4.90. The van der Waals surface area contributed by atoms with Gasteiger partial charge in [0.1, 0.15) is 0 Å². The van der Waals surface area contributed by atoms with Crippen LogP contribution in [0.25, 0.3) is 0 Å². The molecular weight excluding hydrogens is 178 g/mol. The van der Waals surface area contributed by atoms with E-state index in [0.717, 1.165) is 51.6 Å². The molecular formula is C11H21NO2. The molecule has 0 radical (unpaired) electrons. The van der Waals surface area contributed by atoms with Crippen LogP contribution in [0.3, 0.4) is 0 Å². The van der Waals surface area contributed by atoms with Crippen LogP contribution in [-0.2, 0) is 0 Å². The summed E-state index contributed by atoms with van der Waals surface area (Å²) in [5.41, 5.74) is -0.468. The number of nitrogens with one attached hydrogen (secondary N) is 1. The zero-order valence-corrected chi connectivity index (χ0v) is 8.71. The molecule has 0 aromatic carbocycles. The number of hydrogen-bond donors (Lipinski definition) is 3. The van der Waals surface area contributed by atoms with Gasteiger partial charge in [0.25, 0.3) is 0 Å². The summed E-state index contributed by atoms with van der Waals surface area (Å²) in [5.74, 6) is 0.256. The predicted molar refractivity (Wildman–Crippen MR) is 55.0 cm³/mol. The lowest BCUT2D eigenvalue weighted by molar-refractivity contribution is -0.0161. The van der Waals surface area contributed by atoms with Crippen molar-refractivity contribution in [3.8, 4) is 0 Å². The number of rotatable bonds is 2. The fourth-order valence-electron chi connectivity index (χ4n) is 2.84. The Morgan fingerprint density at radius 3 is 2.64 bits per heavy atom. The molecule has 82 valence electrons. The zero-order valence-electron chi connectivity index (χ0n) is 8.71. The van der Waals surface area contributed by atoms with E-state index >= 15 is 0 Å². The third-order valence-corrected chi connectivity index (χ3v) is 3.74. The standard InChI is InChI=1S/C11H21NO2/c13-10-3-6-12-8-9(10)7-11(14)4-1-2-5-11/h9-10,12-14H,1-8H2. The van der Waals surface area contributed by atoms with E-state index in [4.69, 9.17) is 0 Å². The van der Waals surface area contributed by atoms with E-state index in [9.17, 15) is 10.2 Å². The molecule has 2 aliphatic rings. The van der Waals surface area contributed by atoms with Gasteiger partial charge in [0.05, 0.1) is 11.7 Å². The van der Waals surface area contributed by atoms with Crippen LogP contribution in [0.15, 0.2) is 0 Å². The summed E-state index contributed by atoms with van der Waals surface area (Å²) >= 11 is 0. The van der Waals surface area contributed by atoms with E-state index in [-0.39, 0.29) is 12.0 Å². The molecule has 1 saturated heterocycles. The number of hydrogen-bond acceptors (Lipinski definition) is 3. The first-order valence-electron chi connectivity index (χ1n) is 5.81. The minimum Gasteiger partial charge on any atom is -0.393 e. The summed E-state index contributed by atoms with van der Waals surface area (Å²) in [7, 11) is 0. The van der Waals surface area contributed by atoms with Crippen LogP contribution in [0.2, 0.25) is 0 Å². The molecule has 1 saturated carbocycles. The van der Waals surface area contributed by atoms with E-state index in [1.165, 1.54) is 0 Å². The summed E-state index contributed by atoms with van der Waals surface area (Å²) in [5, 5.41) is 23.3. The van der Waals surface area contributed by atoms with E-state index in [0.29, 0.717) is 0 Å². The van der Waals surface area contributed by atoms with E-state index in [1.54, 1.807) is 0 Å². The van der Waals surface area contributed by atoms with Crippen molar-refractivity contribution in [3.05, 3.63) is 0 Å². The van der Waals surface area contributed by atoms with Gasteiger partial charge in [-0.25, -0.2) is 0 Å². The van der Waals surface area contributed by atoms with Gasteiger partial charge in [-0.2, -0.15) is 0 Å². The van der Waals surface area contributed by atoms with Gasteiger partial charge >= 0.3 is 0 Å². The molecule has 1 heterocycles. The highest BCUT2D eigenvalue weighted by Gasteiger charge is 2.36. The topological polar surface area (TPSA) is 52.5 Å². The fourth-order valence-corrected chi connectivity index (χ4v) is 2.84. The Morgan fingerprint density at radius 2 is 2.00 bits per heavy atom. The quantitative estimate of drug-likeness (QED) is 0.612. The van der Waals surface area contributed by atoms with Gasteiger partial charge in [-0.05, 0) is 32.2 Å². The van der Waals surface area contributed by atoms with Gasteiger partial charge in [0, 0.05) is 12.5 Å². The van der Waals surface area contributed by atoms with Crippen LogP contribution in [-0.4, -0.2) is 35.0 Å². The van der Waals surface area contributed by atoms with Gasteiger partial charge in [-0.3, -0.25) is 0 Å². The van der Waals surface area contributed by atoms with Crippen molar-refractivity contribution in [1.82, 2.24) is 5.32 Å². The normalized spacial score (nSPS) is 37.3. The molecule has 3 heteroatoms. The van der Waals surface area contributed by atoms with E-state index < -0.39 is 5.60 Å².